The molecule has 3 aromatic carbocycles. The summed E-state index contributed by atoms with van der Waals surface area (Å²) >= 11 is 0. The van der Waals surface area contributed by atoms with Crippen LogP contribution in [0.15, 0.2) is 102 Å². The van der Waals surface area contributed by atoms with Crippen molar-refractivity contribution in [3.8, 4) is 0 Å². The average Bonchev–Trinajstić information content (AvgIpc) is 3.19. The fourth-order valence-electron chi connectivity index (χ4n) is 3.97. The third kappa shape index (κ3) is 3.89. The summed E-state index contributed by atoms with van der Waals surface area (Å²) < 4.78 is 6.57. The van der Waals surface area contributed by atoms with E-state index in [0.717, 1.165) is 17.0 Å². The standard InChI is InChI=1S/C27H27N3O2/c1-27(22-18-12-7-13-19-22)26(29(2)3)28-24(32-27)23(20-14-8-5-9-15-20)30(4)25(31)21-16-10-6-11-17-21/h5-19H,1-4H3/b24-23-. The first kappa shape index (κ1) is 21.4. The Hall–Kier alpha value is -3.86. The van der Waals surface area contributed by atoms with E-state index in [1.807, 2.05) is 117 Å². The molecule has 1 heterocycles. The number of hydrogen-bond acceptors (Lipinski definition) is 4. The van der Waals surface area contributed by atoms with E-state index >= 15 is 0 Å². The summed E-state index contributed by atoms with van der Waals surface area (Å²) in [6.07, 6.45) is 0. The summed E-state index contributed by atoms with van der Waals surface area (Å²) in [5.41, 5.74) is 2.29. The molecule has 1 atom stereocenters. The highest BCUT2D eigenvalue weighted by Crippen LogP contribution is 2.40. The van der Waals surface area contributed by atoms with Crippen LogP contribution in [0.5, 0.6) is 0 Å². The lowest BCUT2D eigenvalue weighted by molar-refractivity contribution is 0.0790. The minimum atomic E-state index is -0.781. The maximum atomic E-state index is 13.3. The van der Waals surface area contributed by atoms with Gasteiger partial charge in [0.25, 0.3) is 5.91 Å². The van der Waals surface area contributed by atoms with Gasteiger partial charge in [0.15, 0.2) is 11.4 Å². The third-order valence-corrected chi connectivity index (χ3v) is 5.59. The van der Waals surface area contributed by atoms with Crippen LogP contribution in [0.4, 0.5) is 0 Å². The Morgan fingerprint density at radius 2 is 1.28 bits per heavy atom. The summed E-state index contributed by atoms with van der Waals surface area (Å²) in [5.74, 6) is 1.06. The van der Waals surface area contributed by atoms with Gasteiger partial charge in [0, 0.05) is 37.8 Å². The van der Waals surface area contributed by atoms with Gasteiger partial charge in [-0.25, -0.2) is 0 Å². The summed E-state index contributed by atoms with van der Waals surface area (Å²) in [6, 6.07) is 29.0. The molecule has 1 aliphatic heterocycles. The molecule has 1 aliphatic rings. The van der Waals surface area contributed by atoms with E-state index in [0.29, 0.717) is 17.1 Å². The van der Waals surface area contributed by atoms with E-state index in [4.69, 9.17) is 9.73 Å². The Balaban J connectivity index is 1.87. The molecular weight excluding hydrogens is 398 g/mol. The Morgan fingerprint density at radius 1 is 0.781 bits per heavy atom. The minimum Gasteiger partial charge on any atom is -0.457 e. The lowest BCUT2D eigenvalue weighted by atomic mass is 9.94. The molecule has 162 valence electrons. The molecular formula is C27H27N3O2. The molecule has 0 radical (unpaired) electrons. The first-order valence-electron chi connectivity index (χ1n) is 10.6. The van der Waals surface area contributed by atoms with Crippen molar-refractivity contribution in [2.75, 3.05) is 21.1 Å². The monoisotopic (exact) mass is 425 g/mol. The van der Waals surface area contributed by atoms with Gasteiger partial charge >= 0.3 is 0 Å². The lowest BCUT2D eigenvalue weighted by Gasteiger charge is -2.30. The van der Waals surface area contributed by atoms with Crippen LogP contribution in [-0.2, 0) is 10.3 Å². The smallest absolute Gasteiger partial charge is 0.258 e. The Labute approximate surface area is 189 Å². The number of amides is 1. The number of ether oxygens (including phenoxy) is 1. The fraction of sp³-hybridized carbons (Fsp3) is 0.185. The number of benzene rings is 3. The summed E-state index contributed by atoms with van der Waals surface area (Å²) in [4.78, 5) is 21.8. The van der Waals surface area contributed by atoms with Crippen molar-refractivity contribution in [2.24, 2.45) is 4.99 Å². The maximum Gasteiger partial charge on any atom is 0.258 e. The van der Waals surface area contributed by atoms with E-state index in [-0.39, 0.29) is 5.91 Å². The van der Waals surface area contributed by atoms with Gasteiger partial charge in [-0.1, -0.05) is 78.9 Å². The Bertz CT molecular complexity index is 1160. The van der Waals surface area contributed by atoms with Gasteiger partial charge in [-0.2, -0.15) is 4.99 Å². The van der Waals surface area contributed by atoms with Crippen LogP contribution >= 0.6 is 0 Å². The van der Waals surface area contributed by atoms with Crippen molar-refractivity contribution in [2.45, 2.75) is 12.5 Å². The first-order valence-corrected chi connectivity index (χ1v) is 10.6. The van der Waals surface area contributed by atoms with Gasteiger partial charge < -0.3 is 14.5 Å². The third-order valence-electron chi connectivity index (χ3n) is 5.59. The number of carbonyl (C=O) groups excluding carboxylic acids is 1. The van der Waals surface area contributed by atoms with Gasteiger partial charge in [0.05, 0.1) is 0 Å². The van der Waals surface area contributed by atoms with Crippen LogP contribution < -0.4 is 0 Å². The largest absolute Gasteiger partial charge is 0.457 e. The maximum absolute atomic E-state index is 13.3. The van der Waals surface area contributed by atoms with Crippen molar-refractivity contribution in [1.82, 2.24) is 9.80 Å². The molecule has 0 fully saturated rings. The Kier molecular flexibility index (Phi) is 5.82. The first-order chi connectivity index (χ1) is 15.4. The zero-order valence-corrected chi connectivity index (χ0v) is 18.8. The van der Waals surface area contributed by atoms with Crippen molar-refractivity contribution < 1.29 is 9.53 Å². The van der Waals surface area contributed by atoms with Gasteiger partial charge in [0.1, 0.15) is 5.70 Å². The molecule has 0 bridgehead atoms. The van der Waals surface area contributed by atoms with Crippen LogP contribution in [0, 0.1) is 0 Å². The second kappa shape index (κ2) is 8.71. The van der Waals surface area contributed by atoms with Gasteiger partial charge in [-0.15, -0.1) is 0 Å². The van der Waals surface area contributed by atoms with Crippen LogP contribution in [0.1, 0.15) is 28.4 Å². The van der Waals surface area contributed by atoms with Crippen molar-refractivity contribution in [3.05, 3.63) is 114 Å². The number of amidine groups is 1. The SMILES string of the molecule is CN(C)C1=N/C(=C(\c2ccccc2)N(C)C(=O)c2ccccc2)OC1(C)c1ccccc1. The zero-order valence-electron chi connectivity index (χ0n) is 18.8. The lowest BCUT2D eigenvalue weighted by Crippen LogP contribution is -2.40. The topological polar surface area (TPSA) is 45.1 Å². The molecule has 0 saturated heterocycles. The van der Waals surface area contributed by atoms with Gasteiger partial charge in [0.2, 0.25) is 5.88 Å². The molecule has 1 unspecified atom stereocenters. The second-order valence-corrected chi connectivity index (χ2v) is 8.08. The molecule has 0 spiro atoms. The van der Waals surface area contributed by atoms with Crippen LogP contribution in [0.2, 0.25) is 0 Å². The molecule has 0 N–H and O–H groups in total. The molecule has 0 aromatic heterocycles. The summed E-state index contributed by atoms with van der Waals surface area (Å²) in [5, 5.41) is 0. The van der Waals surface area contributed by atoms with Gasteiger partial charge in [-0.3, -0.25) is 4.79 Å². The van der Waals surface area contributed by atoms with Gasteiger partial charge in [-0.05, 0) is 19.1 Å². The van der Waals surface area contributed by atoms with Crippen molar-refractivity contribution in [3.63, 3.8) is 0 Å². The van der Waals surface area contributed by atoms with Crippen molar-refractivity contribution in [1.29, 1.82) is 0 Å². The second-order valence-electron chi connectivity index (χ2n) is 8.08. The molecule has 5 nitrogen and oxygen atoms in total. The van der Waals surface area contributed by atoms with Crippen molar-refractivity contribution >= 4 is 17.4 Å². The molecule has 0 saturated carbocycles. The highest BCUT2D eigenvalue weighted by molar-refractivity contribution is 6.01. The van der Waals surface area contributed by atoms with E-state index in [9.17, 15) is 4.79 Å². The number of carbonyl (C=O) groups is 1. The van der Waals surface area contributed by atoms with Crippen LogP contribution in [0.3, 0.4) is 0 Å². The normalized spacial score (nSPS) is 19.1. The molecule has 5 heteroatoms. The Morgan fingerprint density at radius 3 is 1.81 bits per heavy atom. The molecule has 1 amide bonds. The number of rotatable bonds is 4. The molecule has 0 aliphatic carbocycles. The number of likely N-dealkylation sites (N-methyl/N-ethyl adjacent to an activating group) is 1. The summed E-state index contributed by atoms with van der Waals surface area (Å²) in [6.45, 7) is 2.01. The van der Waals surface area contributed by atoms with E-state index in [2.05, 4.69) is 0 Å². The molecule has 32 heavy (non-hydrogen) atoms. The highest BCUT2D eigenvalue weighted by atomic mass is 16.5. The summed E-state index contributed by atoms with van der Waals surface area (Å²) in [7, 11) is 5.66. The number of hydrogen-bond donors (Lipinski definition) is 0. The quantitative estimate of drug-likeness (QED) is 0.592. The van der Waals surface area contributed by atoms with E-state index in [1.165, 1.54) is 0 Å². The fourth-order valence-corrected chi connectivity index (χ4v) is 3.97. The predicted molar refractivity (Wildman–Crippen MR) is 128 cm³/mol. The molecule has 3 aromatic rings. The number of aliphatic imine (C=N–C) groups is 1. The highest BCUT2D eigenvalue weighted by Gasteiger charge is 2.44. The zero-order chi connectivity index (χ0) is 22.7. The minimum absolute atomic E-state index is 0.129. The van der Waals surface area contributed by atoms with E-state index < -0.39 is 5.60 Å². The number of nitrogens with zero attached hydrogens (tertiary/aromatic N) is 3. The predicted octanol–water partition coefficient (Wildman–Crippen LogP) is 4.99. The average molecular weight is 426 g/mol. The van der Waals surface area contributed by atoms with Crippen LogP contribution in [-0.4, -0.2) is 42.7 Å². The van der Waals surface area contributed by atoms with Crippen LogP contribution in [0.25, 0.3) is 5.70 Å². The molecule has 4 rings (SSSR count). The van der Waals surface area contributed by atoms with E-state index in [1.54, 1.807) is 11.9 Å².